The highest BCUT2D eigenvalue weighted by Gasteiger charge is 2.13. The van der Waals surface area contributed by atoms with Gasteiger partial charge < -0.3 is 0 Å². The quantitative estimate of drug-likeness (QED) is 0.752. The topological polar surface area (TPSA) is 51.2 Å². The van der Waals surface area contributed by atoms with Gasteiger partial charge in [0.15, 0.2) is 0 Å². The van der Waals surface area contributed by atoms with Crippen molar-refractivity contribution in [3.05, 3.63) is 65.7 Å². The number of para-hydroxylation sites is 1. The average Bonchev–Trinajstić information content (AvgIpc) is 2.54. The summed E-state index contributed by atoms with van der Waals surface area (Å²) in [7, 11) is 1.42. The van der Waals surface area contributed by atoms with Gasteiger partial charge in [-0.15, -0.1) is 0 Å². The second-order valence-electron chi connectivity index (χ2n) is 5.07. The molecule has 1 aromatic heterocycles. The maximum absolute atomic E-state index is 12.2. The Labute approximate surface area is 128 Å². The molecule has 110 valence electrons. The molecular weight excluding hydrogens is 276 g/mol. The number of aryl methyl sites for hydroxylation is 1. The third-order valence-corrected chi connectivity index (χ3v) is 3.50. The summed E-state index contributed by atoms with van der Waals surface area (Å²) in [6.07, 6.45) is 0. The van der Waals surface area contributed by atoms with E-state index in [2.05, 4.69) is 10.5 Å². The summed E-state index contributed by atoms with van der Waals surface area (Å²) >= 11 is 0. The lowest BCUT2D eigenvalue weighted by molar-refractivity contribution is 0.0539. The van der Waals surface area contributed by atoms with Crippen molar-refractivity contribution in [1.82, 2.24) is 10.5 Å². The van der Waals surface area contributed by atoms with E-state index in [-0.39, 0.29) is 5.91 Å². The number of amides is 1. The van der Waals surface area contributed by atoms with E-state index in [4.69, 9.17) is 4.84 Å². The Morgan fingerprint density at radius 3 is 2.55 bits per heavy atom. The van der Waals surface area contributed by atoms with E-state index < -0.39 is 0 Å². The smallest absolute Gasteiger partial charge is 0.275 e. The predicted octanol–water partition coefficient (Wildman–Crippen LogP) is 3.50. The number of hydrogen-bond donors (Lipinski definition) is 1. The van der Waals surface area contributed by atoms with E-state index in [1.807, 2.05) is 55.5 Å². The van der Waals surface area contributed by atoms with Gasteiger partial charge in [-0.3, -0.25) is 9.63 Å². The number of rotatable bonds is 3. The van der Waals surface area contributed by atoms with Crippen molar-refractivity contribution in [2.24, 2.45) is 0 Å². The number of hydroxylamine groups is 1. The fourth-order valence-electron chi connectivity index (χ4n) is 2.38. The van der Waals surface area contributed by atoms with Crippen LogP contribution in [0.15, 0.2) is 54.6 Å². The third-order valence-electron chi connectivity index (χ3n) is 3.50. The molecule has 0 saturated carbocycles. The summed E-state index contributed by atoms with van der Waals surface area (Å²) in [6, 6.07) is 17.4. The molecule has 3 aromatic rings. The number of carbonyl (C=O) groups excluding carboxylic acids is 1. The molecule has 0 aliphatic carbocycles. The summed E-state index contributed by atoms with van der Waals surface area (Å²) in [6.45, 7) is 2.04. The van der Waals surface area contributed by atoms with Gasteiger partial charge in [-0.25, -0.2) is 10.5 Å². The van der Waals surface area contributed by atoms with Gasteiger partial charge in [0.05, 0.1) is 23.9 Å². The summed E-state index contributed by atoms with van der Waals surface area (Å²) in [4.78, 5) is 21.6. The Hall–Kier alpha value is -2.72. The second kappa shape index (κ2) is 5.95. The van der Waals surface area contributed by atoms with Crippen molar-refractivity contribution in [1.29, 1.82) is 0 Å². The van der Waals surface area contributed by atoms with E-state index in [9.17, 15) is 4.79 Å². The molecule has 0 fully saturated rings. The van der Waals surface area contributed by atoms with Crippen molar-refractivity contribution in [3.8, 4) is 11.3 Å². The minimum atomic E-state index is -0.283. The van der Waals surface area contributed by atoms with Crippen molar-refractivity contribution < 1.29 is 9.63 Å². The zero-order valence-electron chi connectivity index (χ0n) is 12.5. The number of nitrogens with zero attached hydrogens (tertiary/aromatic N) is 1. The molecule has 1 N–H and O–H groups in total. The van der Waals surface area contributed by atoms with Crippen LogP contribution >= 0.6 is 0 Å². The first-order chi connectivity index (χ1) is 10.7. The molecule has 0 unspecified atom stereocenters. The molecule has 1 amide bonds. The molecule has 0 radical (unpaired) electrons. The average molecular weight is 292 g/mol. The second-order valence-corrected chi connectivity index (χ2v) is 5.07. The van der Waals surface area contributed by atoms with Crippen LogP contribution in [-0.4, -0.2) is 18.0 Å². The van der Waals surface area contributed by atoms with Crippen LogP contribution in [0, 0.1) is 6.92 Å². The van der Waals surface area contributed by atoms with E-state index >= 15 is 0 Å². The zero-order chi connectivity index (χ0) is 15.5. The molecule has 0 aliphatic heterocycles. The Balaban J connectivity index is 2.20. The number of carbonyl (C=O) groups is 1. The summed E-state index contributed by atoms with van der Waals surface area (Å²) in [5.41, 5.74) is 6.62. The van der Waals surface area contributed by atoms with E-state index in [1.54, 1.807) is 6.07 Å². The number of aromatic nitrogens is 1. The summed E-state index contributed by atoms with van der Waals surface area (Å²) in [5.74, 6) is -0.283. The number of hydrogen-bond acceptors (Lipinski definition) is 3. The largest absolute Gasteiger partial charge is 0.277 e. The first kappa shape index (κ1) is 14.2. The molecule has 0 spiro atoms. The van der Waals surface area contributed by atoms with Crippen LogP contribution in [0.5, 0.6) is 0 Å². The van der Waals surface area contributed by atoms with Gasteiger partial charge in [0.25, 0.3) is 5.91 Å². The maximum Gasteiger partial charge on any atom is 0.275 e. The molecule has 3 rings (SSSR count). The summed E-state index contributed by atoms with van der Waals surface area (Å²) < 4.78 is 0. The fourth-order valence-corrected chi connectivity index (χ4v) is 2.38. The predicted molar refractivity (Wildman–Crippen MR) is 86.4 cm³/mol. The molecule has 1 heterocycles. The molecule has 22 heavy (non-hydrogen) atoms. The fraction of sp³-hybridized carbons (Fsp3) is 0.111. The number of pyridine rings is 1. The van der Waals surface area contributed by atoms with Crippen LogP contribution < -0.4 is 5.48 Å². The summed E-state index contributed by atoms with van der Waals surface area (Å²) in [5, 5.41) is 0.799. The van der Waals surface area contributed by atoms with E-state index in [1.165, 1.54) is 12.7 Å². The van der Waals surface area contributed by atoms with Gasteiger partial charge in [-0.1, -0.05) is 48.0 Å². The SMILES string of the molecule is CONC(=O)c1cc(-c2ccc(C)cc2)nc2ccccc12. The lowest BCUT2D eigenvalue weighted by atomic mass is 10.0. The first-order valence-electron chi connectivity index (χ1n) is 6.99. The lowest BCUT2D eigenvalue weighted by Crippen LogP contribution is -2.22. The normalized spacial score (nSPS) is 10.6. The van der Waals surface area contributed by atoms with Gasteiger partial charge in [-0.2, -0.15) is 0 Å². The molecule has 0 atom stereocenters. The Bertz CT molecular complexity index is 826. The van der Waals surface area contributed by atoms with Crippen LogP contribution in [0.2, 0.25) is 0 Å². The Morgan fingerprint density at radius 2 is 1.82 bits per heavy atom. The highest BCUT2D eigenvalue weighted by molar-refractivity contribution is 6.06. The van der Waals surface area contributed by atoms with Crippen molar-refractivity contribution in [2.45, 2.75) is 6.92 Å². The van der Waals surface area contributed by atoms with Crippen LogP contribution in [0.4, 0.5) is 0 Å². The maximum atomic E-state index is 12.2. The molecule has 0 bridgehead atoms. The molecule has 0 aliphatic rings. The van der Waals surface area contributed by atoms with E-state index in [0.29, 0.717) is 5.56 Å². The van der Waals surface area contributed by atoms with Crippen LogP contribution in [0.3, 0.4) is 0 Å². The van der Waals surface area contributed by atoms with Gasteiger partial charge in [-0.05, 0) is 19.1 Å². The number of nitrogens with one attached hydrogen (secondary N) is 1. The molecule has 4 heteroatoms. The van der Waals surface area contributed by atoms with Crippen molar-refractivity contribution in [2.75, 3.05) is 7.11 Å². The van der Waals surface area contributed by atoms with Crippen molar-refractivity contribution >= 4 is 16.8 Å². The van der Waals surface area contributed by atoms with Crippen LogP contribution in [0.1, 0.15) is 15.9 Å². The zero-order valence-corrected chi connectivity index (χ0v) is 12.5. The third kappa shape index (κ3) is 2.69. The highest BCUT2D eigenvalue weighted by atomic mass is 16.6. The Kier molecular flexibility index (Phi) is 3.85. The minimum Gasteiger partial charge on any atom is -0.277 e. The van der Waals surface area contributed by atoms with Gasteiger partial charge in [0, 0.05) is 10.9 Å². The van der Waals surface area contributed by atoms with Gasteiger partial charge in [0.1, 0.15) is 0 Å². The van der Waals surface area contributed by atoms with E-state index in [0.717, 1.165) is 22.2 Å². The van der Waals surface area contributed by atoms with Crippen LogP contribution in [0.25, 0.3) is 22.2 Å². The standard InChI is InChI=1S/C18H16N2O2/c1-12-7-9-13(10-8-12)17-11-15(18(21)20-22-2)14-5-3-4-6-16(14)19-17/h3-11H,1-2H3,(H,20,21). The number of fused-ring (bicyclic) bond motifs is 1. The first-order valence-corrected chi connectivity index (χ1v) is 6.99. The Morgan fingerprint density at radius 1 is 1.09 bits per heavy atom. The number of benzene rings is 2. The lowest BCUT2D eigenvalue weighted by Gasteiger charge is -2.09. The highest BCUT2D eigenvalue weighted by Crippen LogP contribution is 2.25. The molecule has 0 saturated heterocycles. The molecular formula is C18H16N2O2. The van der Waals surface area contributed by atoms with Crippen LogP contribution in [-0.2, 0) is 4.84 Å². The minimum absolute atomic E-state index is 0.283. The molecule has 4 nitrogen and oxygen atoms in total. The van der Waals surface area contributed by atoms with Gasteiger partial charge >= 0.3 is 0 Å². The monoisotopic (exact) mass is 292 g/mol. The van der Waals surface area contributed by atoms with Gasteiger partial charge in [0.2, 0.25) is 0 Å². The van der Waals surface area contributed by atoms with Crippen molar-refractivity contribution in [3.63, 3.8) is 0 Å². The molecule has 2 aromatic carbocycles.